The lowest BCUT2D eigenvalue weighted by atomic mass is 10.1. The van der Waals surface area contributed by atoms with Crippen molar-refractivity contribution in [1.82, 2.24) is 24.6 Å². The number of anilines is 2. The number of nitrogen functional groups attached to an aromatic ring is 2. The van der Waals surface area contributed by atoms with Crippen molar-refractivity contribution in [3.63, 3.8) is 0 Å². The van der Waals surface area contributed by atoms with Crippen molar-refractivity contribution >= 4 is 28.6 Å². The lowest BCUT2D eigenvalue weighted by Crippen LogP contribution is -2.29. The van der Waals surface area contributed by atoms with Crippen molar-refractivity contribution in [3.05, 3.63) is 70.7 Å². The third-order valence-corrected chi connectivity index (χ3v) is 5.34. The molecule has 0 unspecified atom stereocenters. The molecule has 2 aromatic carbocycles. The molecule has 0 radical (unpaired) electrons. The summed E-state index contributed by atoms with van der Waals surface area (Å²) in [6.45, 7) is 1.78. The lowest BCUT2D eigenvalue weighted by molar-refractivity contribution is 0.145. The molecule has 0 aliphatic heterocycles. The third-order valence-electron chi connectivity index (χ3n) is 5.34. The van der Waals surface area contributed by atoms with E-state index in [1.807, 2.05) is 0 Å². The number of carbonyl (C=O) groups is 1. The van der Waals surface area contributed by atoms with Crippen LogP contribution in [0.5, 0.6) is 0 Å². The van der Waals surface area contributed by atoms with Crippen molar-refractivity contribution in [2.45, 2.75) is 19.9 Å². The minimum Gasteiger partial charge on any atom is -0.465 e. The molecule has 0 saturated heterocycles. The van der Waals surface area contributed by atoms with E-state index in [1.165, 1.54) is 4.68 Å². The number of halogens is 3. The van der Waals surface area contributed by atoms with E-state index < -0.39 is 23.5 Å². The predicted molar refractivity (Wildman–Crippen MR) is 119 cm³/mol. The highest BCUT2D eigenvalue weighted by atomic mass is 19.2. The van der Waals surface area contributed by atoms with Gasteiger partial charge in [0.15, 0.2) is 11.6 Å². The van der Waals surface area contributed by atoms with Crippen LogP contribution in [-0.4, -0.2) is 42.4 Å². The van der Waals surface area contributed by atoms with Crippen LogP contribution in [0.4, 0.5) is 29.6 Å². The van der Waals surface area contributed by atoms with Gasteiger partial charge in [-0.05, 0) is 24.6 Å². The number of nitrogens with zero attached hydrogens (tertiary/aromatic N) is 5. The van der Waals surface area contributed by atoms with E-state index >= 15 is 0 Å². The van der Waals surface area contributed by atoms with E-state index in [9.17, 15) is 23.1 Å². The van der Waals surface area contributed by atoms with Gasteiger partial charge in [0.25, 0.3) is 5.95 Å². The fourth-order valence-electron chi connectivity index (χ4n) is 3.60. The van der Waals surface area contributed by atoms with Gasteiger partial charge in [0.05, 0.1) is 23.3 Å². The Morgan fingerprint density at radius 1 is 1.12 bits per heavy atom. The largest absolute Gasteiger partial charge is 0.465 e. The number of carboxylic acid groups (broad SMARTS) is 1. The molecule has 1 amide bonds. The van der Waals surface area contributed by atoms with E-state index in [1.54, 1.807) is 31.2 Å². The Morgan fingerprint density at radius 3 is 2.44 bits per heavy atom. The molecule has 176 valence electrons. The zero-order valence-electron chi connectivity index (χ0n) is 18.0. The smallest absolute Gasteiger partial charge is 0.407 e. The van der Waals surface area contributed by atoms with Gasteiger partial charge in [-0.15, -0.1) is 0 Å². The average Bonchev–Trinajstić information content (AvgIpc) is 3.15. The Morgan fingerprint density at radius 2 is 1.79 bits per heavy atom. The molecule has 2 heterocycles. The normalized spacial score (nSPS) is 11.2. The summed E-state index contributed by atoms with van der Waals surface area (Å²) in [6, 6.07) is 8.28. The molecule has 0 saturated carbocycles. The number of hydrogen-bond donors (Lipinski definition) is 3. The topological polar surface area (TPSA) is 136 Å². The first-order valence-electron chi connectivity index (χ1n) is 10.2. The maximum Gasteiger partial charge on any atom is 0.407 e. The zero-order valence-corrected chi connectivity index (χ0v) is 18.0. The second-order valence-corrected chi connectivity index (χ2v) is 7.48. The van der Waals surface area contributed by atoms with E-state index in [0.29, 0.717) is 22.7 Å². The van der Waals surface area contributed by atoms with E-state index in [2.05, 4.69) is 15.1 Å². The van der Waals surface area contributed by atoms with Crippen LogP contribution in [0.2, 0.25) is 0 Å². The summed E-state index contributed by atoms with van der Waals surface area (Å²) >= 11 is 0. The highest BCUT2D eigenvalue weighted by molar-refractivity contribution is 5.83. The first-order chi connectivity index (χ1) is 16.2. The molecule has 4 rings (SSSR count). The molecule has 0 aliphatic rings. The number of benzene rings is 2. The number of fused-ring (bicyclic) bond motifs is 1. The van der Waals surface area contributed by atoms with Crippen molar-refractivity contribution < 1.29 is 23.1 Å². The van der Waals surface area contributed by atoms with Crippen molar-refractivity contribution in [2.24, 2.45) is 0 Å². The SMILES string of the molecule is CCN(Cc1c(N)nc(-n2nc(Cc3cc(F)cc(F)c3F)c3ccccc32)nc1N)C(=O)O. The number of para-hydroxylation sites is 1. The standard InChI is InChI=1S/C22H20F3N7O2/c1-2-31(22(33)34)10-14-19(26)28-21(29-20(14)27)32-17-6-4-3-5-13(17)16(30-32)8-11-7-12(23)9-15(24)18(11)25/h3-7,9H,2,8,10H2,1H3,(H,33,34)(H4,26,27,28,29). The first kappa shape index (κ1) is 22.8. The summed E-state index contributed by atoms with van der Waals surface area (Å²) in [5.74, 6) is -3.40. The Labute approximate surface area is 191 Å². The zero-order chi connectivity index (χ0) is 24.6. The highest BCUT2D eigenvalue weighted by Crippen LogP contribution is 2.27. The lowest BCUT2D eigenvalue weighted by Gasteiger charge is -2.18. The molecule has 0 bridgehead atoms. The summed E-state index contributed by atoms with van der Waals surface area (Å²) in [5.41, 5.74) is 13.0. The third kappa shape index (κ3) is 4.17. The molecule has 34 heavy (non-hydrogen) atoms. The molecule has 0 aliphatic carbocycles. The first-order valence-corrected chi connectivity index (χ1v) is 10.2. The van der Waals surface area contributed by atoms with Crippen molar-refractivity contribution in [3.8, 4) is 5.95 Å². The van der Waals surface area contributed by atoms with E-state index in [-0.39, 0.29) is 48.2 Å². The number of amides is 1. The molecular weight excluding hydrogens is 451 g/mol. The molecule has 12 heteroatoms. The Bertz CT molecular complexity index is 1380. The molecule has 9 nitrogen and oxygen atoms in total. The van der Waals surface area contributed by atoms with Gasteiger partial charge in [-0.2, -0.15) is 19.7 Å². The van der Waals surface area contributed by atoms with Crippen LogP contribution in [0.3, 0.4) is 0 Å². The van der Waals surface area contributed by atoms with Gasteiger partial charge < -0.3 is 21.5 Å². The van der Waals surface area contributed by atoms with Crippen LogP contribution in [-0.2, 0) is 13.0 Å². The Hall–Kier alpha value is -4.35. The monoisotopic (exact) mass is 471 g/mol. The van der Waals surface area contributed by atoms with Crippen LogP contribution in [0.1, 0.15) is 23.7 Å². The van der Waals surface area contributed by atoms with Gasteiger partial charge in [-0.3, -0.25) is 0 Å². The van der Waals surface area contributed by atoms with Gasteiger partial charge >= 0.3 is 6.09 Å². The fraction of sp³-hybridized carbons (Fsp3) is 0.182. The number of hydrogen-bond acceptors (Lipinski definition) is 6. The molecule has 0 fully saturated rings. The molecule has 4 aromatic rings. The highest BCUT2D eigenvalue weighted by Gasteiger charge is 2.21. The molecule has 2 aromatic heterocycles. The average molecular weight is 471 g/mol. The van der Waals surface area contributed by atoms with E-state index in [0.717, 1.165) is 11.0 Å². The Kier molecular flexibility index (Phi) is 5.97. The van der Waals surface area contributed by atoms with Crippen molar-refractivity contribution in [1.29, 1.82) is 0 Å². The van der Waals surface area contributed by atoms with Crippen molar-refractivity contribution in [2.75, 3.05) is 18.0 Å². The Balaban J connectivity index is 1.79. The minimum atomic E-state index is -1.29. The maximum absolute atomic E-state index is 14.3. The molecule has 0 atom stereocenters. The van der Waals surface area contributed by atoms with Gasteiger partial charge in [0, 0.05) is 24.4 Å². The minimum absolute atomic E-state index is 0.00506. The summed E-state index contributed by atoms with van der Waals surface area (Å²) in [6.07, 6.45) is -1.34. The van der Waals surface area contributed by atoms with Crippen LogP contribution < -0.4 is 11.5 Å². The summed E-state index contributed by atoms with van der Waals surface area (Å²) in [4.78, 5) is 20.9. The quantitative estimate of drug-likeness (QED) is 0.366. The molecule has 5 N–H and O–H groups in total. The second kappa shape index (κ2) is 8.89. The van der Waals surface area contributed by atoms with Crippen LogP contribution in [0.25, 0.3) is 16.9 Å². The van der Waals surface area contributed by atoms with Gasteiger partial charge in [-0.1, -0.05) is 18.2 Å². The van der Waals surface area contributed by atoms with Crippen LogP contribution >= 0.6 is 0 Å². The fourth-order valence-corrected chi connectivity index (χ4v) is 3.60. The van der Waals surface area contributed by atoms with Crippen LogP contribution in [0, 0.1) is 17.5 Å². The predicted octanol–water partition coefficient (Wildman–Crippen LogP) is 3.49. The number of rotatable bonds is 6. The summed E-state index contributed by atoms with van der Waals surface area (Å²) < 4.78 is 43.0. The molecular formula is C22H20F3N7O2. The number of nitrogens with two attached hydrogens (primary N) is 2. The summed E-state index contributed by atoms with van der Waals surface area (Å²) in [5, 5.41) is 14.3. The maximum atomic E-state index is 14.3. The number of aromatic nitrogens is 4. The van der Waals surface area contributed by atoms with Gasteiger partial charge in [-0.25, -0.2) is 18.0 Å². The second-order valence-electron chi connectivity index (χ2n) is 7.48. The molecule has 0 spiro atoms. The van der Waals surface area contributed by atoms with Gasteiger partial charge in [0.1, 0.15) is 17.5 Å². The van der Waals surface area contributed by atoms with Crippen LogP contribution in [0.15, 0.2) is 36.4 Å². The summed E-state index contributed by atoms with van der Waals surface area (Å²) in [7, 11) is 0. The van der Waals surface area contributed by atoms with Gasteiger partial charge in [0.2, 0.25) is 0 Å². The van der Waals surface area contributed by atoms with E-state index in [4.69, 9.17) is 11.5 Å².